The van der Waals surface area contributed by atoms with E-state index in [1.54, 1.807) is 0 Å². The number of benzene rings is 2. The van der Waals surface area contributed by atoms with E-state index in [2.05, 4.69) is 31.2 Å². The summed E-state index contributed by atoms with van der Waals surface area (Å²) in [5.41, 5.74) is 4.63. The topological polar surface area (TPSA) is 66.8 Å². The lowest BCUT2D eigenvalue weighted by Gasteiger charge is -2.22. The van der Waals surface area contributed by atoms with Crippen LogP contribution in [0.2, 0.25) is 0 Å². The van der Waals surface area contributed by atoms with Gasteiger partial charge in [-0.1, -0.05) is 87.6 Å². The highest BCUT2D eigenvalue weighted by molar-refractivity contribution is 5.79. The summed E-state index contributed by atoms with van der Waals surface area (Å²) in [5.74, 6) is -1.04. The lowest BCUT2D eigenvalue weighted by Crippen LogP contribution is -2.37. The molecule has 5 heteroatoms. The molecule has 3 rings (SSSR count). The highest BCUT2D eigenvalue weighted by Crippen LogP contribution is 2.44. The predicted molar refractivity (Wildman–Crippen MR) is 118 cm³/mol. The second-order valence-electron chi connectivity index (χ2n) is 7.89. The monoisotopic (exact) mass is 409 g/mol. The number of unbranched alkanes of at least 4 members (excludes halogenated alkanes) is 5. The van der Waals surface area contributed by atoms with E-state index in [0.29, 0.717) is 6.54 Å². The number of nitrogens with zero attached hydrogens (tertiary/aromatic N) is 1. The maximum atomic E-state index is 12.7. The number of carbonyl (C=O) groups is 2. The van der Waals surface area contributed by atoms with Crippen LogP contribution in [-0.2, 0) is 9.53 Å². The van der Waals surface area contributed by atoms with Gasteiger partial charge in [0.1, 0.15) is 13.2 Å². The lowest BCUT2D eigenvalue weighted by molar-refractivity contribution is -0.138. The number of rotatable bonds is 11. The zero-order valence-corrected chi connectivity index (χ0v) is 17.7. The summed E-state index contributed by atoms with van der Waals surface area (Å²) in [5, 5.41) is 9.20. The molecule has 0 bridgehead atoms. The van der Waals surface area contributed by atoms with Gasteiger partial charge in [-0.2, -0.15) is 0 Å². The first kappa shape index (κ1) is 21.9. The maximum absolute atomic E-state index is 12.7. The summed E-state index contributed by atoms with van der Waals surface area (Å²) >= 11 is 0. The van der Waals surface area contributed by atoms with Crippen molar-refractivity contribution in [2.75, 3.05) is 19.7 Å². The van der Waals surface area contributed by atoms with Gasteiger partial charge in [0.25, 0.3) is 0 Å². The average Bonchev–Trinajstić information content (AvgIpc) is 3.07. The second kappa shape index (κ2) is 10.8. The van der Waals surface area contributed by atoms with Crippen molar-refractivity contribution >= 4 is 12.1 Å². The molecule has 1 aliphatic rings. The van der Waals surface area contributed by atoms with Crippen molar-refractivity contribution in [3.63, 3.8) is 0 Å². The van der Waals surface area contributed by atoms with Crippen LogP contribution in [0.4, 0.5) is 4.79 Å². The van der Waals surface area contributed by atoms with Crippen molar-refractivity contribution in [3.05, 3.63) is 59.7 Å². The van der Waals surface area contributed by atoms with Crippen molar-refractivity contribution in [1.29, 1.82) is 0 Å². The molecule has 2 aromatic carbocycles. The average molecular weight is 410 g/mol. The fourth-order valence-electron chi connectivity index (χ4n) is 4.17. The Morgan fingerprint density at radius 3 is 2.07 bits per heavy atom. The quantitative estimate of drug-likeness (QED) is 0.485. The Morgan fingerprint density at radius 2 is 1.47 bits per heavy atom. The Morgan fingerprint density at radius 1 is 0.900 bits per heavy atom. The van der Waals surface area contributed by atoms with Crippen LogP contribution >= 0.6 is 0 Å². The number of carboxylic acid groups (broad SMARTS) is 1. The highest BCUT2D eigenvalue weighted by Gasteiger charge is 2.29. The Balaban J connectivity index is 1.60. The number of hydrogen-bond donors (Lipinski definition) is 1. The number of amides is 1. The molecule has 1 N–H and O–H groups in total. The molecular formula is C25H31NO4. The van der Waals surface area contributed by atoms with Crippen LogP contribution in [0.3, 0.4) is 0 Å². The van der Waals surface area contributed by atoms with Crippen LogP contribution in [0.5, 0.6) is 0 Å². The largest absolute Gasteiger partial charge is 0.480 e. The summed E-state index contributed by atoms with van der Waals surface area (Å²) in [7, 11) is 0. The van der Waals surface area contributed by atoms with Gasteiger partial charge in [-0.15, -0.1) is 0 Å². The van der Waals surface area contributed by atoms with Gasteiger partial charge in [0.15, 0.2) is 0 Å². The molecule has 5 nitrogen and oxygen atoms in total. The van der Waals surface area contributed by atoms with Crippen LogP contribution in [0, 0.1) is 0 Å². The third kappa shape index (κ3) is 5.41. The molecule has 0 fully saturated rings. The Kier molecular flexibility index (Phi) is 7.89. The molecule has 0 aromatic heterocycles. The third-order valence-electron chi connectivity index (χ3n) is 5.70. The van der Waals surface area contributed by atoms with E-state index < -0.39 is 12.1 Å². The summed E-state index contributed by atoms with van der Waals surface area (Å²) in [4.78, 5) is 25.2. The Hall–Kier alpha value is -2.82. The minimum Gasteiger partial charge on any atom is -0.480 e. The van der Waals surface area contributed by atoms with Crippen LogP contribution in [0.25, 0.3) is 11.1 Å². The van der Waals surface area contributed by atoms with E-state index in [4.69, 9.17) is 4.74 Å². The van der Waals surface area contributed by atoms with Gasteiger partial charge in [0.05, 0.1) is 0 Å². The predicted octanol–water partition coefficient (Wildman–Crippen LogP) is 5.68. The maximum Gasteiger partial charge on any atom is 0.410 e. The summed E-state index contributed by atoms with van der Waals surface area (Å²) in [6.07, 6.45) is 5.93. The van der Waals surface area contributed by atoms with Gasteiger partial charge in [-0.05, 0) is 28.7 Å². The molecule has 0 heterocycles. The van der Waals surface area contributed by atoms with Crippen LogP contribution in [0.15, 0.2) is 48.5 Å². The zero-order chi connectivity index (χ0) is 21.3. The SMILES string of the molecule is CCCCCCCCN(CC(=O)O)C(=O)OCC1c2ccccc2-c2ccccc21. The Labute approximate surface area is 178 Å². The molecular weight excluding hydrogens is 378 g/mol. The van der Waals surface area contributed by atoms with E-state index in [-0.39, 0.29) is 19.1 Å². The van der Waals surface area contributed by atoms with Gasteiger partial charge in [-0.3, -0.25) is 9.69 Å². The van der Waals surface area contributed by atoms with Gasteiger partial charge in [0.2, 0.25) is 0 Å². The minimum atomic E-state index is -1.02. The van der Waals surface area contributed by atoms with E-state index in [1.165, 1.54) is 35.3 Å². The molecule has 160 valence electrons. The van der Waals surface area contributed by atoms with Crippen molar-refractivity contribution in [3.8, 4) is 11.1 Å². The highest BCUT2D eigenvalue weighted by atomic mass is 16.6. The van der Waals surface area contributed by atoms with Crippen LogP contribution in [-0.4, -0.2) is 41.8 Å². The molecule has 0 spiro atoms. The van der Waals surface area contributed by atoms with Gasteiger partial charge < -0.3 is 9.84 Å². The van der Waals surface area contributed by atoms with E-state index in [1.807, 2.05) is 24.3 Å². The molecule has 0 saturated heterocycles. The number of fused-ring (bicyclic) bond motifs is 3. The molecule has 0 radical (unpaired) electrons. The summed E-state index contributed by atoms with van der Waals surface area (Å²) in [6.45, 7) is 2.46. The van der Waals surface area contributed by atoms with Crippen molar-refractivity contribution in [2.24, 2.45) is 0 Å². The molecule has 0 atom stereocenters. The van der Waals surface area contributed by atoms with Crippen LogP contribution < -0.4 is 0 Å². The van der Waals surface area contributed by atoms with Gasteiger partial charge >= 0.3 is 12.1 Å². The fraction of sp³-hybridized carbons (Fsp3) is 0.440. The molecule has 1 aliphatic carbocycles. The molecule has 30 heavy (non-hydrogen) atoms. The molecule has 0 aliphatic heterocycles. The fourth-order valence-corrected chi connectivity index (χ4v) is 4.17. The first-order chi connectivity index (χ1) is 14.6. The number of hydrogen-bond acceptors (Lipinski definition) is 3. The zero-order valence-electron chi connectivity index (χ0n) is 17.7. The second-order valence-corrected chi connectivity index (χ2v) is 7.89. The minimum absolute atomic E-state index is 0.0259. The van der Waals surface area contributed by atoms with Gasteiger partial charge in [0, 0.05) is 12.5 Å². The molecule has 1 amide bonds. The van der Waals surface area contributed by atoms with Crippen molar-refractivity contribution in [1.82, 2.24) is 4.90 Å². The van der Waals surface area contributed by atoms with E-state index in [0.717, 1.165) is 30.4 Å². The standard InChI is InChI=1S/C25H31NO4/c1-2-3-4-5-6-11-16-26(17-24(27)28)25(29)30-18-23-21-14-9-7-12-19(21)20-13-8-10-15-22(20)23/h7-10,12-15,23H,2-6,11,16-18H2,1H3,(H,27,28). The smallest absolute Gasteiger partial charge is 0.410 e. The van der Waals surface area contributed by atoms with Gasteiger partial charge in [-0.25, -0.2) is 4.79 Å². The van der Waals surface area contributed by atoms with Crippen LogP contribution in [0.1, 0.15) is 62.5 Å². The van der Waals surface area contributed by atoms with E-state index in [9.17, 15) is 14.7 Å². The summed E-state index contributed by atoms with van der Waals surface area (Å²) < 4.78 is 5.62. The molecule has 0 unspecified atom stereocenters. The number of carbonyl (C=O) groups excluding carboxylic acids is 1. The number of ether oxygens (including phenoxy) is 1. The number of aliphatic carboxylic acids is 1. The molecule has 2 aromatic rings. The number of carboxylic acids is 1. The first-order valence-electron chi connectivity index (χ1n) is 10.9. The molecule has 0 saturated carbocycles. The Bertz CT molecular complexity index is 818. The third-order valence-corrected chi connectivity index (χ3v) is 5.70. The van der Waals surface area contributed by atoms with E-state index >= 15 is 0 Å². The normalized spacial score (nSPS) is 12.3. The lowest BCUT2D eigenvalue weighted by atomic mass is 9.98. The van der Waals surface area contributed by atoms with Crippen molar-refractivity contribution in [2.45, 2.75) is 51.4 Å². The summed E-state index contributed by atoms with van der Waals surface area (Å²) in [6, 6.07) is 16.3. The van der Waals surface area contributed by atoms with Crippen molar-refractivity contribution < 1.29 is 19.4 Å². The first-order valence-corrected chi connectivity index (χ1v) is 10.9.